The fourth-order valence-corrected chi connectivity index (χ4v) is 4.02. The minimum Gasteiger partial charge on any atom is -0.383 e. The average Bonchev–Trinajstić information content (AvgIpc) is 3.37. The number of anilines is 1. The van der Waals surface area contributed by atoms with Crippen LogP contribution in [0, 0.1) is 11.3 Å². The van der Waals surface area contributed by atoms with Gasteiger partial charge in [-0.3, -0.25) is 4.79 Å². The van der Waals surface area contributed by atoms with Crippen LogP contribution >= 0.6 is 11.8 Å². The van der Waals surface area contributed by atoms with Gasteiger partial charge >= 0.3 is 0 Å². The number of rotatable bonds is 8. The molecule has 0 saturated carbocycles. The van der Waals surface area contributed by atoms with Gasteiger partial charge in [0.05, 0.1) is 35.3 Å². The van der Waals surface area contributed by atoms with Crippen LogP contribution in [0.2, 0.25) is 0 Å². The minimum absolute atomic E-state index is 0.140. The van der Waals surface area contributed by atoms with Gasteiger partial charge in [-0.15, -0.1) is 0 Å². The maximum atomic E-state index is 12.7. The van der Waals surface area contributed by atoms with E-state index in [0.717, 1.165) is 21.9 Å². The number of benzene rings is 2. The number of hydrogen-bond acceptors (Lipinski definition) is 6. The van der Waals surface area contributed by atoms with Gasteiger partial charge in [0.25, 0.3) is 0 Å². The first kappa shape index (κ1) is 20.7. The van der Waals surface area contributed by atoms with Gasteiger partial charge in [-0.1, -0.05) is 42.1 Å². The number of fused-ring (bicyclic) bond motifs is 1. The highest BCUT2D eigenvalue weighted by Gasteiger charge is 2.17. The predicted octanol–water partition coefficient (Wildman–Crippen LogP) is 3.47. The molecular formula is C22H20N6O2S. The van der Waals surface area contributed by atoms with E-state index in [0.29, 0.717) is 24.5 Å². The molecule has 2 aromatic carbocycles. The van der Waals surface area contributed by atoms with Gasteiger partial charge in [0.2, 0.25) is 5.91 Å². The van der Waals surface area contributed by atoms with Crippen LogP contribution in [0.1, 0.15) is 5.56 Å². The normalized spacial score (nSPS) is 10.8. The molecule has 2 heterocycles. The van der Waals surface area contributed by atoms with Crippen molar-refractivity contribution in [2.75, 3.05) is 24.8 Å². The Morgan fingerprint density at radius 3 is 2.74 bits per heavy atom. The molecule has 0 aliphatic rings. The number of imidazole rings is 1. The maximum absolute atomic E-state index is 12.7. The van der Waals surface area contributed by atoms with Crippen LogP contribution in [0.15, 0.2) is 66.0 Å². The summed E-state index contributed by atoms with van der Waals surface area (Å²) in [6, 6.07) is 19.3. The monoisotopic (exact) mass is 432 g/mol. The largest absolute Gasteiger partial charge is 0.383 e. The molecule has 0 fully saturated rings. The number of hydrogen-bond donors (Lipinski definition) is 1. The molecule has 9 heteroatoms. The lowest BCUT2D eigenvalue weighted by atomic mass is 10.3. The molecule has 0 radical (unpaired) electrons. The lowest BCUT2D eigenvalue weighted by Gasteiger charge is -2.10. The molecule has 2 aromatic heterocycles. The average molecular weight is 433 g/mol. The van der Waals surface area contributed by atoms with Crippen LogP contribution in [-0.4, -0.2) is 44.7 Å². The zero-order valence-electron chi connectivity index (χ0n) is 16.9. The molecule has 8 nitrogen and oxygen atoms in total. The Hall–Kier alpha value is -3.61. The van der Waals surface area contributed by atoms with Crippen molar-refractivity contribution in [3.8, 4) is 11.8 Å². The zero-order valence-corrected chi connectivity index (χ0v) is 17.7. The molecule has 0 unspecified atom stereocenters. The van der Waals surface area contributed by atoms with Crippen LogP contribution in [0.25, 0.3) is 16.7 Å². The van der Waals surface area contributed by atoms with Gasteiger partial charge in [0.1, 0.15) is 11.6 Å². The van der Waals surface area contributed by atoms with Crippen molar-refractivity contribution in [2.45, 2.75) is 11.7 Å². The van der Waals surface area contributed by atoms with Gasteiger partial charge < -0.3 is 14.6 Å². The van der Waals surface area contributed by atoms with Crippen LogP contribution in [0.3, 0.4) is 0 Å². The number of nitrogens with zero attached hydrogens (tertiary/aromatic N) is 5. The quantitative estimate of drug-likeness (QED) is 0.428. The van der Waals surface area contributed by atoms with Crippen LogP contribution in [0.4, 0.5) is 5.82 Å². The van der Waals surface area contributed by atoms with E-state index in [2.05, 4.69) is 21.5 Å². The molecule has 4 rings (SSSR count). The Kier molecular flexibility index (Phi) is 6.31. The predicted molar refractivity (Wildman–Crippen MR) is 119 cm³/mol. The van der Waals surface area contributed by atoms with Gasteiger partial charge in [-0.2, -0.15) is 10.4 Å². The van der Waals surface area contributed by atoms with Crippen LogP contribution in [-0.2, 0) is 16.1 Å². The summed E-state index contributed by atoms with van der Waals surface area (Å²) in [4.78, 5) is 17.4. The van der Waals surface area contributed by atoms with Gasteiger partial charge in [-0.05, 0) is 24.3 Å². The van der Waals surface area contributed by atoms with E-state index in [-0.39, 0.29) is 11.7 Å². The van der Waals surface area contributed by atoms with Crippen molar-refractivity contribution in [3.63, 3.8) is 0 Å². The van der Waals surface area contributed by atoms with Crippen molar-refractivity contribution in [2.24, 2.45) is 0 Å². The number of ether oxygens (including phenoxy) is 1. The van der Waals surface area contributed by atoms with Gasteiger partial charge in [-0.25, -0.2) is 9.67 Å². The fraction of sp³-hybridized carbons (Fsp3) is 0.182. The van der Waals surface area contributed by atoms with Crippen LogP contribution < -0.4 is 5.32 Å². The van der Waals surface area contributed by atoms with Crippen molar-refractivity contribution < 1.29 is 9.53 Å². The number of methoxy groups -OCH3 is 1. The highest BCUT2D eigenvalue weighted by atomic mass is 32.2. The third-order valence-electron chi connectivity index (χ3n) is 4.62. The SMILES string of the molecule is COCCn1c(SCC(=O)Nc2c(C#N)cnn2-c2ccccc2)nc2ccccc21. The van der Waals surface area contributed by atoms with E-state index in [1.807, 2.05) is 59.2 Å². The molecule has 1 amide bonds. The number of para-hydroxylation sites is 3. The fourth-order valence-electron chi connectivity index (χ4n) is 3.18. The highest BCUT2D eigenvalue weighted by molar-refractivity contribution is 7.99. The molecular weight excluding hydrogens is 412 g/mol. The first-order valence-electron chi connectivity index (χ1n) is 9.61. The Morgan fingerprint density at radius 1 is 1.19 bits per heavy atom. The summed E-state index contributed by atoms with van der Waals surface area (Å²) in [5.41, 5.74) is 2.93. The molecule has 4 aromatic rings. The van der Waals surface area contributed by atoms with Crippen molar-refractivity contribution in [1.82, 2.24) is 19.3 Å². The summed E-state index contributed by atoms with van der Waals surface area (Å²) in [6.07, 6.45) is 1.44. The minimum atomic E-state index is -0.246. The van der Waals surface area contributed by atoms with Gasteiger partial charge in [0.15, 0.2) is 11.0 Å². The van der Waals surface area contributed by atoms with Crippen LogP contribution in [0.5, 0.6) is 0 Å². The third kappa shape index (κ3) is 4.45. The molecule has 0 aliphatic carbocycles. The first-order chi connectivity index (χ1) is 15.2. The number of carbonyl (C=O) groups excluding carboxylic acids is 1. The first-order valence-corrected chi connectivity index (χ1v) is 10.6. The number of aromatic nitrogens is 4. The Morgan fingerprint density at radius 2 is 1.97 bits per heavy atom. The van der Waals surface area contributed by atoms with Gasteiger partial charge in [0, 0.05) is 13.7 Å². The molecule has 0 aliphatic heterocycles. The Balaban J connectivity index is 1.52. The smallest absolute Gasteiger partial charge is 0.236 e. The van der Waals surface area contributed by atoms with E-state index in [1.165, 1.54) is 18.0 Å². The summed E-state index contributed by atoms with van der Waals surface area (Å²) < 4.78 is 8.82. The second kappa shape index (κ2) is 9.47. The van der Waals surface area contributed by atoms with Crippen molar-refractivity contribution in [3.05, 3.63) is 66.4 Å². The lowest BCUT2D eigenvalue weighted by Crippen LogP contribution is -2.18. The van der Waals surface area contributed by atoms with E-state index >= 15 is 0 Å². The van der Waals surface area contributed by atoms with E-state index in [9.17, 15) is 10.1 Å². The topological polar surface area (TPSA) is 97.8 Å². The lowest BCUT2D eigenvalue weighted by molar-refractivity contribution is -0.113. The number of nitrogens with one attached hydrogen (secondary N) is 1. The summed E-state index contributed by atoms with van der Waals surface area (Å²) in [6.45, 7) is 1.18. The molecule has 0 bridgehead atoms. The molecule has 156 valence electrons. The van der Waals surface area contributed by atoms with Crippen molar-refractivity contribution in [1.29, 1.82) is 5.26 Å². The maximum Gasteiger partial charge on any atom is 0.236 e. The summed E-state index contributed by atoms with van der Waals surface area (Å²) in [5.74, 6) is 0.248. The second-order valence-corrected chi connectivity index (χ2v) is 7.57. The molecule has 0 spiro atoms. The summed E-state index contributed by atoms with van der Waals surface area (Å²) in [5, 5.41) is 17.2. The number of amides is 1. The van der Waals surface area contributed by atoms with E-state index in [4.69, 9.17) is 4.74 Å². The number of thioether (sulfide) groups is 1. The standard InChI is InChI=1S/C22H20N6O2S/c1-30-12-11-27-19-10-6-5-9-18(19)25-22(27)31-15-20(29)26-21-16(13-23)14-24-28(21)17-7-3-2-4-8-17/h2-10,14H,11-12,15H2,1H3,(H,26,29). The van der Waals surface area contributed by atoms with E-state index in [1.54, 1.807) is 11.8 Å². The van der Waals surface area contributed by atoms with E-state index < -0.39 is 0 Å². The number of nitriles is 1. The Labute approximate surface area is 183 Å². The third-order valence-corrected chi connectivity index (χ3v) is 5.60. The molecule has 31 heavy (non-hydrogen) atoms. The number of carbonyl (C=O) groups is 1. The second-order valence-electron chi connectivity index (χ2n) is 6.63. The molecule has 1 N–H and O–H groups in total. The summed E-state index contributed by atoms with van der Waals surface area (Å²) in [7, 11) is 1.65. The molecule has 0 saturated heterocycles. The van der Waals surface area contributed by atoms with Crippen molar-refractivity contribution >= 4 is 34.5 Å². The molecule has 0 atom stereocenters. The Bertz CT molecular complexity index is 1240. The summed E-state index contributed by atoms with van der Waals surface area (Å²) >= 11 is 1.34. The highest BCUT2D eigenvalue weighted by Crippen LogP contribution is 2.25. The zero-order chi connectivity index (χ0) is 21.6.